The Balaban J connectivity index is 2.32. The number of hydrogen-bond donors (Lipinski definition) is 1. The summed E-state index contributed by atoms with van der Waals surface area (Å²) < 4.78 is 6.49. The first-order valence-electron chi connectivity index (χ1n) is 6.93. The summed E-state index contributed by atoms with van der Waals surface area (Å²) in [5, 5.41) is 10.4. The molecule has 0 aliphatic heterocycles. The molecule has 0 bridgehead atoms. The summed E-state index contributed by atoms with van der Waals surface area (Å²) in [6.07, 6.45) is 0. The lowest BCUT2D eigenvalue weighted by Crippen LogP contribution is -2.28. The molecular weight excluding hydrogens is 344 g/mol. The summed E-state index contributed by atoms with van der Waals surface area (Å²) in [6.45, 7) is 3.37. The van der Waals surface area contributed by atoms with E-state index in [1.165, 1.54) is 0 Å². The first kappa shape index (κ1) is 14.9. The van der Waals surface area contributed by atoms with E-state index in [-0.39, 0.29) is 0 Å². The van der Waals surface area contributed by atoms with E-state index < -0.39 is 11.4 Å². The molecule has 0 unspecified atom stereocenters. The van der Waals surface area contributed by atoms with Crippen molar-refractivity contribution in [1.82, 2.24) is 0 Å². The molecule has 0 atom stereocenters. The van der Waals surface area contributed by atoms with Crippen LogP contribution in [0.5, 0.6) is 0 Å². The number of halogens is 1. The Morgan fingerprint density at radius 1 is 1.09 bits per heavy atom. The van der Waals surface area contributed by atoms with Crippen molar-refractivity contribution < 1.29 is 14.3 Å². The van der Waals surface area contributed by atoms with Crippen molar-refractivity contribution in [3.05, 3.63) is 58.8 Å². The molecule has 4 heteroatoms. The number of furan rings is 1. The highest BCUT2D eigenvalue weighted by Crippen LogP contribution is 2.42. The van der Waals surface area contributed by atoms with Gasteiger partial charge in [-0.25, -0.2) is 0 Å². The number of hydrogen-bond acceptors (Lipinski definition) is 2. The van der Waals surface area contributed by atoms with E-state index in [0.29, 0.717) is 15.8 Å². The van der Waals surface area contributed by atoms with Crippen LogP contribution < -0.4 is 0 Å². The monoisotopic (exact) mass is 358 g/mol. The van der Waals surface area contributed by atoms with Crippen LogP contribution in [0.1, 0.15) is 19.4 Å². The molecular formula is C18H15BrO3. The molecule has 0 saturated heterocycles. The van der Waals surface area contributed by atoms with Crippen molar-refractivity contribution in [1.29, 1.82) is 0 Å². The Kier molecular flexibility index (Phi) is 3.57. The second-order valence-electron chi connectivity index (χ2n) is 5.73. The van der Waals surface area contributed by atoms with Crippen LogP contribution >= 0.6 is 15.9 Å². The largest absolute Gasteiger partial charge is 0.481 e. The zero-order valence-corrected chi connectivity index (χ0v) is 13.8. The number of aliphatic carboxylic acids is 1. The second-order valence-corrected chi connectivity index (χ2v) is 6.45. The summed E-state index contributed by atoms with van der Waals surface area (Å²) in [4.78, 5) is 11.6. The minimum Gasteiger partial charge on any atom is -0.481 e. The number of fused-ring (bicyclic) bond motifs is 1. The summed E-state index contributed by atoms with van der Waals surface area (Å²) in [5.74, 6) is -0.881. The van der Waals surface area contributed by atoms with Gasteiger partial charge in [0.1, 0.15) is 5.58 Å². The number of rotatable bonds is 3. The summed E-state index contributed by atoms with van der Waals surface area (Å²) in [7, 11) is 0. The fraction of sp³-hybridized carbons (Fsp3) is 0.167. The molecule has 0 saturated carbocycles. The molecule has 0 aliphatic rings. The Morgan fingerprint density at radius 3 is 2.41 bits per heavy atom. The molecule has 0 spiro atoms. The van der Waals surface area contributed by atoms with E-state index in [1.807, 2.05) is 42.5 Å². The highest BCUT2D eigenvalue weighted by Gasteiger charge is 2.33. The summed E-state index contributed by atoms with van der Waals surface area (Å²) in [5.41, 5.74) is 2.23. The molecule has 3 aromatic rings. The van der Waals surface area contributed by atoms with Gasteiger partial charge in [0.15, 0.2) is 4.67 Å². The smallest absolute Gasteiger partial charge is 0.313 e. The highest BCUT2D eigenvalue weighted by atomic mass is 79.9. The van der Waals surface area contributed by atoms with Crippen LogP contribution in [0.3, 0.4) is 0 Å². The molecule has 2 aromatic carbocycles. The molecule has 1 N–H and O–H groups in total. The molecule has 112 valence electrons. The summed E-state index contributed by atoms with van der Waals surface area (Å²) in [6, 6.07) is 15.5. The van der Waals surface area contributed by atoms with Gasteiger partial charge in [-0.15, -0.1) is 0 Å². The van der Waals surface area contributed by atoms with Gasteiger partial charge < -0.3 is 9.52 Å². The third-order valence-electron chi connectivity index (χ3n) is 3.94. The maximum atomic E-state index is 11.6. The van der Waals surface area contributed by atoms with E-state index in [0.717, 1.165) is 16.5 Å². The van der Waals surface area contributed by atoms with Crippen molar-refractivity contribution in [2.75, 3.05) is 0 Å². The van der Waals surface area contributed by atoms with Crippen molar-refractivity contribution in [3.8, 4) is 11.1 Å². The van der Waals surface area contributed by atoms with E-state index in [1.54, 1.807) is 19.9 Å². The van der Waals surface area contributed by atoms with Gasteiger partial charge in [0.25, 0.3) is 0 Å². The van der Waals surface area contributed by atoms with Gasteiger partial charge in [-0.2, -0.15) is 0 Å². The number of carboxylic acids is 1. The first-order valence-corrected chi connectivity index (χ1v) is 7.72. The van der Waals surface area contributed by atoms with Gasteiger partial charge in [-0.05, 0) is 35.3 Å². The third kappa shape index (κ3) is 2.24. The molecule has 0 fully saturated rings. The first-order chi connectivity index (χ1) is 10.4. The lowest BCUT2D eigenvalue weighted by molar-refractivity contribution is -0.142. The minimum atomic E-state index is -1.02. The molecule has 3 nitrogen and oxygen atoms in total. The van der Waals surface area contributed by atoms with Crippen molar-refractivity contribution in [2.45, 2.75) is 19.3 Å². The molecule has 0 aliphatic carbocycles. The average molecular weight is 359 g/mol. The van der Waals surface area contributed by atoms with Gasteiger partial charge in [0, 0.05) is 16.5 Å². The fourth-order valence-corrected chi connectivity index (χ4v) is 3.18. The van der Waals surface area contributed by atoms with Gasteiger partial charge in [0.2, 0.25) is 0 Å². The highest BCUT2D eigenvalue weighted by molar-refractivity contribution is 9.10. The Hall–Kier alpha value is -2.07. The van der Waals surface area contributed by atoms with Crippen molar-refractivity contribution in [3.63, 3.8) is 0 Å². The van der Waals surface area contributed by atoms with Crippen LogP contribution in [0.15, 0.2) is 57.6 Å². The van der Waals surface area contributed by atoms with E-state index in [9.17, 15) is 9.90 Å². The van der Waals surface area contributed by atoms with Crippen LogP contribution in [0.4, 0.5) is 0 Å². The van der Waals surface area contributed by atoms with Crippen molar-refractivity contribution >= 4 is 32.9 Å². The molecule has 3 rings (SSSR count). The van der Waals surface area contributed by atoms with Crippen LogP contribution in [0, 0.1) is 0 Å². The predicted octanol–water partition coefficient (Wildman–Crippen LogP) is 5.22. The van der Waals surface area contributed by atoms with Gasteiger partial charge in [-0.3, -0.25) is 4.79 Å². The zero-order chi connectivity index (χ0) is 15.9. The van der Waals surface area contributed by atoms with E-state index >= 15 is 0 Å². The summed E-state index contributed by atoms with van der Waals surface area (Å²) >= 11 is 3.47. The number of benzene rings is 2. The van der Waals surface area contributed by atoms with Crippen LogP contribution in [0.25, 0.3) is 22.1 Å². The standard InChI is InChI=1S/C18H15BrO3/c1-18(2,17(20)21)13-10-6-9-12-14(16(19)22-15(12)13)11-7-4-3-5-8-11/h3-10H,1-2H3,(H,20,21). The Bertz CT molecular complexity index is 847. The molecule has 1 heterocycles. The van der Waals surface area contributed by atoms with E-state index in [2.05, 4.69) is 15.9 Å². The third-order valence-corrected chi connectivity index (χ3v) is 4.50. The van der Waals surface area contributed by atoms with Crippen LogP contribution in [-0.2, 0) is 10.2 Å². The quantitative estimate of drug-likeness (QED) is 0.697. The minimum absolute atomic E-state index is 0.612. The fourth-order valence-electron chi connectivity index (χ4n) is 2.57. The number of carboxylic acid groups (broad SMARTS) is 1. The lowest BCUT2D eigenvalue weighted by atomic mass is 9.83. The van der Waals surface area contributed by atoms with Crippen LogP contribution in [-0.4, -0.2) is 11.1 Å². The van der Waals surface area contributed by atoms with Gasteiger partial charge in [0.05, 0.1) is 5.41 Å². The average Bonchev–Trinajstić information content (AvgIpc) is 2.83. The topological polar surface area (TPSA) is 50.4 Å². The number of para-hydroxylation sites is 1. The maximum Gasteiger partial charge on any atom is 0.313 e. The molecule has 0 amide bonds. The van der Waals surface area contributed by atoms with Gasteiger partial charge in [-0.1, -0.05) is 48.5 Å². The van der Waals surface area contributed by atoms with E-state index in [4.69, 9.17) is 4.42 Å². The predicted molar refractivity (Wildman–Crippen MR) is 90.0 cm³/mol. The van der Waals surface area contributed by atoms with Gasteiger partial charge >= 0.3 is 5.97 Å². The zero-order valence-electron chi connectivity index (χ0n) is 12.3. The SMILES string of the molecule is CC(C)(C(=O)O)c1cccc2c(-c3ccccc3)c(Br)oc12. The molecule has 22 heavy (non-hydrogen) atoms. The Morgan fingerprint density at radius 2 is 1.77 bits per heavy atom. The number of carbonyl (C=O) groups is 1. The maximum absolute atomic E-state index is 11.6. The second kappa shape index (κ2) is 5.29. The Labute approximate surface area is 136 Å². The lowest BCUT2D eigenvalue weighted by Gasteiger charge is -2.19. The van der Waals surface area contributed by atoms with Crippen molar-refractivity contribution in [2.24, 2.45) is 0 Å². The molecule has 0 radical (unpaired) electrons. The normalized spacial score (nSPS) is 11.8. The van der Waals surface area contributed by atoms with Crippen LogP contribution in [0.2, 0.25) is 0 Å². The molecule has 1 aromatic heterocycles.